The third-order valence-corrected chi connectivity index (χ3v) is 12.2. The van der Waals surface area contributed by atoms with E-state index in [1.54, 1.807) is 0 Å². The molecule has 3 aliphatic rings. The first-order chi connectivity index (χ1) is 25.8. The van der Waals surface area contributed by atoms with Crippen LogP contribution in [0.25, 0.3) is 32.7 Å². The number of anilines is 6. The highest BCUT2D eigenvalue weighted by Crippen LogP contribution is 2.58. The van der Waals surface area contributed by atoms with E-state index in [0.717, 1.165) is 28.6 Å². The monoisotopic (exact) mass is 682 g/mol. The normalized spacial score (nSPS) is 15.5. The minimum atomic E-state index is -0.161. The largest absolute Gasteiger partial charge is 0.453 e. The van der Waals surface area contributed by atoms with Gasteiger partial charge in [0.15, 0.2) is 11.5 Å². The van der Waals surface area contributed by atoms with Gasteiger partial charge in [-0.15, -0.1) is 0 Å². The van der Waals surface area contributed by atoms with Gasteiger partial charge in [0.1, 0.15) is 0 Å². The van der Waals surface area contributed by atoms with Crippen molar-refractivity contribution in [3.8, 4) is 22.6 Å². The van der Waals surface area contributed by atoms with E-state index in [2.05, 4.69) is 171 Å². The third-order valence-electron chi connectivity index (χ3n) is 12.2. The van der Waals surface area contributed by atoms with Gasteiger partial charge in [-0.05, 0) is 122 Å². The van der Waals surface area contributed by atoms with E-state index >= 15 is 0 Å². The van der Waals surface area contributed by atoms with Crippen molar-refractivity contribution in [2.24, 2.45) is 0 Å². The molecule has 0 aromatic heterocycles. The molecule has 11 rings (SSSR count). The number of benzene rings is 8. The molecule has 0 atom stereocenters. The Morgan fingerprint density at radius 2 is 0.887 bits per heavy atom. The summed E-state index contributed by atoms with van der Waals surface area (Å²) in [5.74, 6) is 1.72. The molecule has 0 radical (unpaired) electrons. The molecule has 0 N–H and O–H groups in total. The highest BCUT2D eigenvalue weighted by Gasteiger charge is 2.42. The zero-order chi connectivity index (χ0) is 35.6. The van der Waals surface area contributed by atoms with Gasteiger partial charge < -0.3 is 14.5 Å². The quantitative estimate of drug-likeness (QED) is 0.169. The molecule has 0 fully saturated rings. The van der Waals surface area contributed by atoms with Gasteiger partial charge in [-0.1, -0.05) is 119 Å². The predicted molar refractivity (Wildman–Crippen MR) is 221 cm³/mol. The maximum atomic E-state index is 6.29. The first kappa shape index (κ1) is 30.3. The fourth-order valence-corrected chi connectivity index (χ4v) is 9.48. The van der Waals surface area contributed by atoms with E-state index in [0.29, 0.717) is 0 Å². The van der Waals surface area contributed by atoms with E-state index in [-0.39, 0.29) is 10.8 Å². The molecule has 3 heteroatoms. The van der Waals surface area contributed by atoms with E-state index in [1.165, 1.54) is 72.0 Å². The Morgan fingerprint density at radius 1 is 0.377 bits per heavy atom. The molecule has 0 unspecified atom stereocenters. The van der Waals surface area contributed by atoms with Crippen LogP contribution in [-0.4, -0.2) is 0 Å². The first-order valence-corrected chi connectivity index (χ1v) is 18.6. The average Bonchev–Trinajstić information content (AvgIpc) is 3.41. The molecule has 254 valence electrons. The lowest BCUT2D eigenvalue weighted by Crippen LogP contribution is -2.31. The van der Waals surface area contributed by atoms with Crippen LogP contribution in [0.4, 0.5) is 34.1 Å². The second-order valence-corrected chi connectivity index (χ2v) is 15.8. The Bertz CT molecular complexity index is 2800. The van der Waals surface area contributed by atoms with Crippen molar-refractivity contribution in [1.82, 2.24) is 0 Å². The molecule has 1 aliphatic carbocycles. The summed E-state index contributed by atoms with van der Waals surface area (Å²) >= 11 is 0. The van der Waals surface area contributed by atoms with Gasteiger partial charge in [-0.3, -0.25) is 0 Å². The van der Waals surface area contributed by atoms with Crippen LogP contribution in [0.15, 0.2) is 158 Å². The summed E-state index contributed by atoms with van der Waals surface area (Å²) in [4.78, 5) is 4.82. The molecule has 2 heterocycles. The van der Waals surface area contributed by atoms with Gasteiger partial charge >= 0.3 is 0 Å². The number of para-hydroxylation sites is 5. The van der Waals surface area contributed by atoms with Crippen molar-refractivity contribution >= 4 is 55.7 Å². The molecule has 53 heavy (non-hydrogen) atoms. The Kier molecular flexibility index (Phi) is 6.07. The molecule has 0 amide bonds. The van der Waals surface area contributed by atoms with Gasteiger partial charge in [-0.25, -0.2) is 0 Å². The van der Waals surface area contributed by atoms with E-state index < -0.39 is 0 Å². The van der Waals surface area contributed by atoms with Crippen molar-refractivity contribution < 1.29 is 4.74 Å². The smallest absolute Gasteiger partial charge is 0.151 e. The molecular formula is C50H38N2O. The van der Waals surface area contributed by atoms with Crippen molar-refractivity contribution in [3.05, 3.63) is 180 Å². The summed E-state index contributed by atoms with van der Waals surface area (Å²) in [5, 5.41) is 4.92. The summed E-state index contributed by atoms with van der Waals surface area (Å²) < 4.78 is 6.29. The molecule has 8 aromatic carbocycles. The van der Waals surface area contributed by atoms with Crippen LogP contribution in [0.1, 0.15) is 49.9 Å². The second-order valence-electron chi connectivity index (χ2n) is 15.8. The molecular weight excluding hydrogens is 645 g/mol. The topological polar surface area (TPSA) is 15.7 Å². The third kappa shape index (κ3) is 4.16. The summed E-state index contributed by atoms with van der Waals surface area (Å²) in [6.07, 6.45) is 0. The first-order valence-electron chi connectivity index (χ1n) is 18.6. The Morgan fingerprint density at radius 3 is 1.53 bits per heavy atom. The fourth-order valence-electron chi connectivity index (χ4n) is 9.48. The Balaban J connectivity index is 1.06. The highest BCUT2D eigenvalue weighted by molar-refractivity contribution is 6.10. The number of ether oxygens (including phenoxy) is 1. The van der Waals surface area contributed by atoms with Crippen LogP contribution in [0.2, 0.25) is 0 Å². The molecule has 0 bridgehead atoms. The standard InChI is InChI=1S/C50H38N2O/c1-49(2)39-14-6-5-13-37(39)38-29-42-46(30-41(38)49)51(43-16-8-7-15-40(43)50(42,3)4)33-23-25-35-31(27-33)21-22-32-28-34(24-26-36(32)35)52-44-17-9-11-19-47(44)53-48-20-12-10-18-45(48)52/h5-30H,1-4H3. The number of fused-ring (bicyclic) bond motifs is 10. The molecule has 0 spiro atoms. The fraction of sp³-hybridized carbons (Fsp3) is 0.120. The van der Waals surface area contributed by atoms with Crippen LogP contribution in [0.3, 0.4) is 0 Å². The van der Waals surface area contributed by atoms with Crippen LogP contribution in [0.5, 0.6) is 11.5 Å². The lowest BCUT2D eigenvalue weighted by Gasteiger charge is -2.43. The Hall–Kier alpha value is -6.32. The lowest BCUT2D eigenvalue weighted by atomic mass is 9.72. The van der Waals surface area contributed by atoms with E-state index in [1.807, 2.05) is 24.3 Å². The molecule has 0 saturated carbocycles. The molecule has 3 nitrogen and oxygen atoms in total. The zero-order valence-corrected chi connectivity index (χ0v) is 30.3. The zero-order valence-electron chi connectivity index (χ0n) is 30.3. The molecule has 0 saturated heterocycles. The van der Waals surface area contributed by atoms with Gasteiger partial charge in [-0.2, -0.15) is 0 Å². The minimum Gasteiger partial charge on any atom is -0.453 e. The molecule has 2 aliphatic heterocycles. The van der Waals surface area contributed by atoms with E-state index in [4.69, 9.17) is 4.74 Å². The number of nitrogens with zero attached hydrogens (tertiary/aromatic N) is 2. The number of hydrogen-bond acceptors (Lipinski definition) is 3. The van der Waals surface area contributed by atoms with Crippen molar-refractivity contribution in [2.75, 3.05) is 9.80 Å². The predicted octanol–water partition coefficient (Wildman–Crippen LogP) is 14.0. The average molecular weight is 683 g/mol. The lowest BCUT2D eigenvalue weighted by molar-refractivity contribution is 0.477. The minimum absolute atomic E-state index is 0.0831. The highest BCUT2D eigenvalue weighted by atomic mass is 16.5. The Labute approximate surface area is 310 Å². The summed E-state index contributed by atoms with van der Waals surface area (Å²) in [7, 11) is 0. The van der Waals surface area contributed by atoms with Crippen LogP contribution in [-0.2, 0) is 10.8 Å². The number of hydrogen-bond donors (Lipinski definition) is 0. The summed E-state index contributed by atoms with van der Waals surface area (Å²) in [6.45, 7) is 9.52. The second kappa shape index (κ2) is 10.6. The van der Waals surface area contributed by atoms with Crippen LogP contribution >= 0.6 is 0 Å². The maximum Gasteiger partial charge on any atom is 0.151 e. The summed E-state index contributed by atoms with van der Waals surface area (Å²) in [5.41, 5.74) is 14.9. The van der Waals surface area contributed by atoms with Crippen molar-refractivity contribution in [1.29, 1.82) is 0 Å². The SMILES string of the molecule is CC1(C)c2ccccc2-c2cc3c(cc21)N(c1ccc2c(ccc4cc(N5c6ccccc6Oc6ccccc65)ccc42)c1)c1ccccc1C3(C)C. The van der Waals surface area contributed by atoms with Gasteiger partial charge in [0.25, 0.3) is 0 Å². The van der Waals surface area contributed by atoms with Gasteiger partial charge in [0.2, 0.25) is 0 Å². The van der Waals surface area contributed by atoms with E-state index in [9.17, 15) is 0 Å². The van der Waals surface area contributed by atoms with Crippen LogP contribution in [0, 0.1) is 0 Å². The van der Waals surface area contributed by atoms with Gasteiger partial charge in [0, 0.05) is 22.2 Å². The van der Waals surface area contributed by atoms with Gasteiger partial charge in [0.05, 0.1) is 22.7 Å². The van der Waals surface area contributed by atoms with Crippen LogP contribution < -0.4 is 14.5 Å². The van der Waals surface area contributed by atoms with Crippen molar-refractivity contribution in [2.45, 2.75) is 38.5 Å². The summed E-state index contributed by atoms with van der Waals surface area (Å²) in [6, 6.07) is 57.9. The number of rotatable bonds is 2. The van der Waals surface area contributed by atoms with Crippen molar-refractivity contribution in [3.63, 3.8) is 0 Å². The molecule has 8 aromatic rings. The maximum absolute atomic E-state index is 6.29.